The molecule has 0 fully saturated rings. The minimum absolute atomic E-state index is 0.402. The average molecular weight is 1050 g/mol. The number of hydrogen-bond acceptors (Lipinski definition) is 3. The third-order valence-electron chi connectivity index (χ3n) is 16.2. The molecule has 4 nitrogen and oxygen atoms in total. The van der Waals surface area contributed by atoms with Crippen molar-refractivity contribution in [3.8, 4) is 73.1 Å². The number of nitriles is 1. The van der Waals surface area contributed by atoms with E-state index in [1.807, 2.05) is 35.6 Å². The molecule has 0 saturated heterocycles. The van der Waals surface area contributed by atoms with E-state index < -0.39 is 0 Å². The zero-order chi connectivity index (χ0) is 53.0. The monoisotopic (exact) mass is 1050 g/mol. The summed E-state index contributed by atoms with van der Waals surface area (Å²) in [6, 6.07) is 93.4. The van der Waals surface area contributed by atoms with Gasteiger partial charge >= 0.3 is 0 Å². The number of hydrogen-bond donors (Lipinski definition) is 0. The van der Waals surface area contributed by atoms with Gasteiger partial charge in [0.15, 0.2) is 0 Å². The maximum atomic E-state index is 12.4. The summed E-state index contributed by atoms with van der Waals surface area (Å²) in [5.41, 5.74) is 16.1. The van der Waals surface area contributed by atoms with Crippen molar-refractivity contribution in [1.29, 1.82) is 5.26 Å². The molecular formula is C74H42N4S2. The molecule has 0 N–H and O–H groups in total. The normalized spacial score (nSPS) is 11.7. The Balaban J connectivity index is 1.17. The van der Waals surface area contributed by atoms with Gasteiger partial charge in [-0.25, -0.2) is 4.85 Å². The molecule has 370 valence electrons. The number of rotatable bonds is 7. The zero-order valence-electron chi connectivity index (χ0n) is 42.9. The lowest BCUT2D eigenvalue weighted by atomic mass is 9.88. The van der Waals surface area contributed by atoms with Crippen LogP contribution in [-0.4, -0.2) is 9.13 Å². The first-order valence-electron chi connectivity index (χ1n) is 26.8. The second kappa shape index (κ2) is 18.1. The molecular weight excluding hydrogens is 1010 g/mol. The third-order valence-corrected chi connectivity index (χ3v) is 18.5. The molecule has 0 atom stereocenters. The number of benzene rings is 12. The average Bonchev–Trinajstić information content (AvgIpc) is 4.48. The summed E-state index contributed by atoms with van der Waals surface area (Å²) in [5, 5.41) is 21.4. The van der Waals surface area contributed by atoms with E-state index in [-0.39, 0.29) is 0 Å². The van der Waals surface area contributed by atoms with Gasteiger partial charge < -0.3 is 9.13 Å². The lowest BCUT2D eigenvalue weighted by Crippen LogP contribution is -2.09. The summed E-state index contributed by atoms with van der Waals surface area (Å²) in [4.78, 5) is 4.66. The predicted octanol–water partition coefficient (Wildman–Crippen LogP) is 21.4. The summed E-state index contributed by atoms with van der Waals surface area (Å²) >= 11 is 3.61. The molecule has 16 rings (SSSR count). The van der Waals surface area contributed by atoms with Gasteiger partial charge in [0.1, 0.15) is 6.07 Å². The molecule has 0 amide bonds. The molecule has 0 bridgehead atoms. The molecule has 4 heterocycles. The zero-order valence-corrected chi connectivity index (χ0v) is 44.5. The smallest absolute Gasteiger partial charge is 0.220 e. The minimum Gasteiger partial charge on any atom is -0.318 e. The van der Waals surface area contributed by atoms with Crippen LogP contribution in [0.5, 0.6) is 0 Å². The maximum Gasteiger partial charge on any atom is 0.220 e. The van der Waals surface area contributed by atoms with Gasteiger partial charge in [0.25, 0.3) is 0 Å². The van der Waals surface area contributed by atoms with Crippen LogP contribution in [0, 0.1) is 17.9 Å². The van der Waals surface area contributed by atoms with Gasteiger partial charge in [-0.05, 0) is 87.0 Å². The van der Waals surface area contributed by atoms with Crippen LogP contribution in [0.2, 0.25) is 0 Å². The van der Waals surface area contributed by atoms with Crippen LogP contribution in [0.25, 0.3) is 156 Å². The van der Waals surface area contributed by atoms with Crippen molar-refractivity contribution in [2.45, 2.75) is 0 Å². The number of aromatic nitrogens is 2. The van der Waals surface area contributed by atoms with E-state index in [4.69, 9.17) is 0 Å². The van der Waals surface area contributed by atoms with Gasteiger partial charge in [0.2, 0.25) is 5.69 Å². The highest BCUT2D eigenvalue weighted by Gasteiger charge is 2.34. The lowest BCUT2D eigenvalue weighted by molar-refractivity contribution is 1.14. The highest BCUT2D eigenvalue weighted by atomic mass is 32.1. The van der Waals surface area contributed by atoms with Crippen molar-refractivity contribution in [2.24, 2.45) is 0 Å². The molecule has 0 radical (unpaired) electrons. The SMILES string of the molecule is [C-]#[N+]c1c(-c2ccccc2)c(C#N)c(-n2c3c(ccc4c5ccccc5sc43)c3cc(-c4ccccc4)c4c5ccccc5sc4c32)c(-c2ccccc2)c1-n1c2ccc(-c3ccccc3)cc2c2cc(-c3ccccc3)ccc21. The molecule has 12 aromatic carbocycles. The molecule has 4 aromatic heterocycles. The van der Waals surface area contributed by atoms with Crippen molar-refractivity contribution in [2.75, 3.05) is 0 Å². The largest absolute Gasteiger partial charge is 0.318 e. The van der Waals surface area contributed by atoms with Crippen molar-refractivity contribution in [3.63, 3.8) is 0 Å². The molecule has 0 aliphatic rings. The van der Waals surface area contributed by atoms with E-state index in [9.17, 15) is 11.8 Å². The molecule has 0 saturated carbocycles. The molecule has 0 spiro atoms. The van der Waals surface area contributed by atoms with Crippen LogP contribution in [-0.2, 0) is 0 Å². The van der Waals surface area contributed by atoms with E-state index in [1.165, 1.54) is 25.6 Å². The molecule has 80 heavy (non-hydrogen) atoms. The lowest BCUT2D eigenvalue weighted by Gasteiger charge is -2.26. The Bertz CT molecular complexity index is 5190. The van der Waals surface area contributed by atoms with Crippen molar-refractivity contribution < 1.29 is 0 Å². The Morgan fingerprint density at radius 2 is 0.838 bits per heavy atom. The molecule has 16 aromatic rings. The number of fused-ring (bicyclic) bond motifs is 14. The summed E-state index contributed by atoms with van der Waals surface area (Å²) in [6.07, 6.45) is 0. The van der Waals surface area contributed by atoms with Gasteiger partial charge in [-0.15, -0.1) is 22.7 Å². The van der Waals surface area contributed by atoms with Crippen LogP contribution in [0.4, 0.5) is 5.69 Å². The maximum absolute atomic E-state index is 12.4. The van der Waals surface area contributed by atoms with Crippen LogP contribution in [0.15, 0.2) is 255 Å². The molecule has 0 aliphatic carbocycles. The Kier molecular flexibility index (Phi) is 10.4. The van der Waals surface area contributed by atoms with Crippen molar-refractivity contribution in [1.82, 2.24) is 9.13 Å². The Morgan fingerprint density at radius 3 is 1.41 bits per heavy atom. The Labute approximate surface area is 468 Å². The van der Waals surface area contributed by atoms with E-state index in [1.54, 1.807) is 11.3 Å². The Hall–Kier alpha value is -10.3. The second-order valence-corrected chi connectivity index (χ2v) is 22.5. The van der Waals surface area contributed by atoms with E-state index >= 15 is 0 Å². The third kappa shape index (κ3) is 6.77. The summed E-state index contributed by atoms with van der Waals surface area (Å²) in [6.45, 7) is 9.57. The van der Waals surface area contributed by atoms with E-state index in [0.29, 0.717) is 22.5 Å². The topological polar surface area (TPSA) is 38.0 Å². The quantitative estimate of drug-likeness (QED) is 0.147. The van der Waals surface area contributed by atoms with Crippen molar-refractivity contribution >= 4 is 112 Å². The van der Waals surface area contributed by atoms with Gasteiger partial charge in [0.05, 0.1) is 55.0 Å². The Morgan fingerprint density at radius 1 is 0.362 bits per heavy atom. The highest BCUT2D eigenvalue weighted by molar-refractivity contribution is 7.27. The van der Waals surface area contributed by atoms with Gasteiger partial charge in [-0.3, -0.25) is 0 Å². The molecule has 0 aliphatic heterocycles. The second-order valence-electron chi connectivity index (χ2n) is 20.4. The summed E-state index contributed by atoms with van der Waals surface area (Å²) in [7, 11) is 0. The number of thiophene rings is 2. The van der Waals surface area contributed by atoms with E-state index in [2.05, 4.69) is 251 Å². The standard InChI is InChI=1S/C74H42N4S2/c1-76-68-65(48-27-13-5-14-28-48)60(44-75)69(66(49-29-15-6-16-30-49)72(68)77-61-39-35-50(45-21-7-2-8-22-45)41-57(61)58-42-51(36-40-62(58)77)46-23-9-3-10-24-46)78-70-53(37-38-54-52-31-17-19-33-63(52)79-73(54)70)59-43-56(47-25-11-4-12-26-47)67-55-32-18-20-34-64(55)80-74(67)71(59)78/h2-43H. The summed E-state index contributed by atoms with van der Waals surface area (Å²) in [5.74, 6) is 0. The van der Waals surface area contributed by atoms with Gasteiger partial charge in [-0.1, -0.05) is 212 Å². The molecule has 0 unspecified atom stereocenters. The first-order chi connectivity index (χ1) is 39.6. The fourth-order valence-electron chi connectivity index (χ4n) is 12.7. The predicted molar refractivity (Wildman–Crippen MR) is 339 cm³/mol. The fraction of sp³-hybridized carbons (Fsp3) is 0. The highest BCUT2D eigenvalue weighted by Crippen LogP contribution is 2.56. The molecule has 6 heteroatoms. The number of nitrogens with zero attached hydrogens (tertiary/aromatic N) is 4. The van der Waals surface area contributed by atoms with Gasteiger partial charge in [0, 0.05) is 63.6 Å². The summed E-state index contributed by atoms with van der Waals surface area (Å²) < 4.78 is 9.45. The van der Waals surface area contributed by atoms with Crippen LogP contribution >= 0.6 is 22.7 Å². The van der Waals surface area contributed by atoms with Crippen LogP contribution < -0.4 is 0 Å². The first kappa shape index (κ1) is 45.8. The van der Waals surface area contributed by atoms with Crippen molar-refractivity contribution in [3.05, 3.63) is 272 Å². The van der Waals surface area contributed by atoms with Crippen LogP contribution in [0.3, 0.4) is 0 Å². The van der Waals surface area contributed by atoms with Crippen LogP contribution in [0.1, 0.15) is 5.56 Å². The first-order valence-corrected chi connectivity index (χ1v) is 28.4. The fourth-order valence-corrected chi connectivity index (χ4v) is 15.2. The van der Waals surface area contributed by atoms with Gasteiger partial charge in [-0.2, -0.15) is 5.26 Å². The minimum atomic E-state index is 0.402. The van der Waals surface area contributed by atoms with E-state index in [0.717, 1.165) is 114 Å².